The Kier molecular flexibility index (Phi) is 5.60. The largest absolute Gasteiger partial charge is 0.370 e. The Morgan fingerprint density at radius 3 is 3.06 bits per heavy atom. The van der Waals surface area contributed by atoms with Crippen molar-refractivity contribution in [1.82, 2.24) is 10.3 Å². The van der Waals surface area contributed by atoms with E-state index in [4.69, 9.17) is 4.74 Å². The summed E-state index contributed by atoms with van der Waals surface area (Å²) >= 11 is 1.76. The van der Waals surface area contributed by atoms with Crippen molar-refractivity contribution in [2.24, 2.45) is 0 Å². The average molecular weight is 268 g/mol. The van der Waals surface area contributed by atoms with E-state index in [9.17, 15) is 0 Å². The SMILES string of the molecule is CCCc1nc(COC2CCCCC2NC)cs1. The highest BCUT2D eigenvalue weighted by Gasteiger charge is 2.24. The zero-order chi connectivity index (χ0) is 12.8. The van der Waals surface area contributed by atoms with Crippen molar-refractivity contribution < 1.29 is 4.74 Å². The van der Waals surface area contributed by atoms with Crippen molar-refractivity contribution in [3.63, 3.8) is 0 Å². The number of aromatic nitrogens is 1. The number of ether oxygens (including phenoxy) is 1. The van der Waals surface area contributed by atoms with Crippen LogP contribution in [0.1, 0.15) is 49.7 Å². The van der Waals surface area contributed by atoms with Gasteiger partial charge in [-0.2, -0.15) is 0 Å². The van der Waals surface area contributed by atoms with Gasteiger partial charge in [0.1, 0.15) is 0 Å². The van der Waals surface area contributed by atoms with Gasteiger partial charge in [-0.05, 0) is 32.7 Å². The summed E-state index contributed by atoms with van der Waals surface area (Å²) in [7, 11) is 2.04. The van der Waals surface area contributed by atoms with E-state index in [1.807, 2.05) is 7.05 Å². The lowest BCUT2D eigenvalue weighted by Gasteiger charge is -2.31. The number of likely N-dealkylation sites (N-methyl/N-ethyl adjacent to an activating group) is 1. The molecule has 1 heterocycles. The maximum atomic E-state index is 6.05. The number of nitrogens with one attached hydrogen (secondary N) is 1. The van der Waals surface area contributed by atoms with E-state index in [1.165, 1.54) is 30.7 Å². The number of hydrogen-bond donors (Lipinski definition) is 1. The van der Waals surface area contributed by atoms with Crippen LogP contribution in [-0.4, -0.2) is 24.2 Å². The highest BCUT2D eigenvalue weighted by atomic mass is 32.1. The summed E-state index contributed by atoms with van der Waals surface area (Å²) in [5, 5.41) is 6.75. The quantitative estimate of drug-likeness (QED) is 0.860. The van der Waals surface area contributed by atoms with E-state index in [0.29, 0.717) is 18.8 Å². The summed E-state index contributed by atoms with van der Waals surface area (Å²) in [4.78, 5) is 4.61. The lowest BCUT2D eigenvalue weighted by Crippen LogP contribution is -2.41. The fraction of sp³-hybridized carbons (Fsp3) is 0.786. The van der Waals surface area contributed by atoms with Crippen LogP contribution < -0.4 is 5.32 Å². The summed E-state index contributed by atoms with van der Waals surface area (Å²) in [5.74, 6) is 0. The topological polar surface area (TPSA) is 34.1 Å². The standard InChI is InChI=1S/C14H24N2OS/c1-3-6-14-16-11(10-18-14)9-17-13-8-5-4-7-12(13)15-2/h10,12-13,15H,3-9H2,1-2H3. The van der Waals surface area contributed by atoms with E-state index in [1.54, 1.807) is 11.3 Å². The smallest absolute Gasteiger partial charge is 0.0929 e. The van der Waals surface area contributed by atoms with Gasteiger partial charge in [-0.25, -0.2) is 4.98 Å². The van der Waals surface area contributed by atoms with Crippen LogP contribution in [0.5, 0.6) is 0 Å². The van der Waals surface area contributed by atoms with Crippen LogP contribution in [-0.2, 0) is 17.8 Å². The fourth-order valence-electron chi connectivity index (χ4n) is 2.56. The van der Waals surface area contributed by atoms with E-state index in [0.717, 1.165) is 18.5 Å². The molecule has 2 atom stereocenters. The summed E-state index contributed by atoms with van der Waals surface area (Å²) in [6, 6.07) is 0.521. The Hall–Kier alpha value is -0.450. The van der Waals surface area contributed by atoms with Gasteiger partial charge in [0.25, 0.3) is 0 Å². The summed E-state index contributed by atoms with van der Waals surface area (Å²) in [5.41, 5.74) is 1.10. The van der Waals surface area contributed by atoms with Crippen molar-refractivity contribution in [3.8, 4) is 0 Å². The molecule has 2 unspecified atom stereocenters. The molecule has 1 fully saturated rings. The fourth-order valence-corrected chi connectivity index (χ4v) is 3.45. The number of rotatable bonds is 6. The van der Waals surface area contributed by atoms with Gasteiger partial charge >= 0.3 is 0 Å². The number of aryl methyl sites for hydroxylation is 1. The zero-order valence-corrected chi connectivity index (χ0v) is 12.3. The summed E-state index contributed by atoms with van der Waals surface area (Å²) in [6.45, 7) is 2.86. The monoisotopic (exact) mass is 268 g/mol. The van der Waals surface area contributed by atoms with Crippen molar-refractivity contribution in [1.29, 1.82) is 0 Å². The first-order valence-electron chi connectivity index (χ1n) is 7.05. The predicted octanol–water partition coefficient (Wildman–Crippen LogP) is 3.14. The van der Waals surface area contributed by atoms with Gasteiger partial charge in [-0.15, -0.1) is 11.3 Å². The second-order valence-electron chi connectivity index (χ2n) is 5.01. The van der Waals surface area contributed by atoms with Gasteiger partial charge in [0.15, 0.2) is 0 Å². The van der Waals surface area contributed by atoms with Gasteiger partial charge in [0.2, 0.25) is 0 Å². The van der Waals surface area contributed by atoms with Crippen molar-refractivity contribution in [2.75, 3.05) is 7.05 Å². The van der Waals surface area contributed by atoms with Crippen molar-refractivity contribution in [3.05, 3.63) is 16.1 Å². The highest BCUT2D eigenvalue weighted by molar-refractivity contribution is 7.09. The number of thiazole rings is 1. The van der Waals surface area contributed by atoms with Crippen LogP contribution in [0.4, 0.5) is 0 Å². The first-order valence-corrected chi connectivity index (χ1v) is 7.93. The minimum atomic E-state index is 0.361. The Morgan fingerprint density at radius 2 is 2.28 bits per heavy atom. The molecule has 1 N–H and O–H groups in total. The maximum absolute atomic E-state index is 6.05. The molecule has 102 valence electrons. The van der Waals surface area contributed by atoms with Crippen LogP contribution in [0.25, 0.3) is 0 Å². The Morgan fingerprint density at radius 1 is 1.44 bits per heavy atom. The Labute approximate surface area is 114 Å². The zero-order valence-electron chi connectivity index (χ0n) is 11.4. The third kappa shape index (κ3) is 3.77. The van der Waals surface area contributed by atoms with E-state index in [2.05, 4.69) is 22.6 Å². The van der Waals surface area contributed by atoms with Crippen LogP contribution >= 0.6 is 11.3 Å². The molecule has 1 aliphatic rings. The lowest BCUT2D eigenvalue weighted by atomic mass is 9.92. The summed E-state index contributed by atoms with van der Waals surface area (Å²) in [6.07, 6.45) is 7.64. The molecule has 0 saturated heterocycles. The Bertz CT molecular complexity index is 353. The minimum Gasteiger partial charge on any atom is -0.370 e. The molecule has 2 rings (SSSR count). The minimum absolute atomic E-state index is 0.361. The molecule has 0 bridgehead atoms. The molecular weight excluding hydrogens is 244 g/mol. The molecule has 1 aromatic heterocycles. The molecule has 3 nitrogen and oxygen atoms in total. The molecule has 1 saturated carbocycles. The maximum Gasteiger partial charge on any atom is 0.0929 e. The number of nitrogens with zero attached hydrogens (tertiary/aromatic N) is 1. The predicted molar refractivity (Wildman–Crippen MR) is 76.0 cm³/mol. The molecule has 18 heavy (non-hydrogen) atoms. The second-order valence-corrected chi connectivity index (χ2v) is 5.95. The Balaban J connectivity index is 1.81. The van der Waals surface area contributed by atoms with Crippen LogP contribution in [0.2, 0.25) is 0 Å². The van der Waals surface area contributed by atoms with E-state index in [-0.39, 0.29) is 0 Å². The second kappa shape index (κ2) is 7.22. The van der Waals surface area contributed by atoms with Gasteiger partial charge in [0.05, 0.1) is 23.4 Å². The third-order valence-electron chi connectivity index (χ3n) is 3.58. The molecule has 0 spiro atoms. The first kappa shape index (κ1) is 14.0. The molecular formula is C14H24N2OS. The van der Waals surface area contributed by atoms with Crippen LogP contribution in [0.3, 0.4) is 0 Å². The molecule has 0 radical (unpaired) electrons. The van der Waals surface area contributed by atoms with E-state index >= 15 is 0 Å². The lowest BCUT2D eigenvalue weighted by molar-refractivity contribution is -0.00485. The average Bonchev–Trinajstić information content (AvgIpc) is 2.85. The van der Waals surface area contributed by atoms with Crippen molar-refractivity contribution in [2.45, 2.75) is 64.2 Å². The molecule has 0 aromatic carbocycles. The van der Waals surface area contributed by atoms with Gasteiger partial charge in [0, 0.05) is 11.4 Å². The molecule has 0 amide bonds. The van der Waals surface area contributed by atoms with Crippen LogP contribution in [0, 0.1) is 0 Å². The summed E-state index contributed by atoms with van der Waals surface area (Å²) < 4.78 is 6.05. The molecule has 1 aromatic rings. The highest BCUT2D eigenvalue weighted by Crippen LogP contribution is 2.22. The van der Waals surface area contributed by atoms with Gasteiger partial charge < -0.3 is 10.1 Å². The first-order chi connectivity index (χ1) is 8.83. The van der Waals surface area contributed by atoms with Gasteiger partial charge in [-0.1, -0.05) is 19.8 Å². The van der Waals surface area contributed by atoms with E-state index < -0.39 is 0 Å². The molecule has 4 heteroatoms. The molecule has 0 aliphatic heterocycles. The van der Waals surface area contributed by atoms with Crippen LogP contribution in [0.15, 0.2) is 5.38 Å². The third-order valence-corrected chi connectivity index (χ3v) is 4.54. The van der Waals surface area contributed by atoms with Gasteiger partial charge in [-0.3, -0.25) is 0 Å². The van der Waals surface area contributed by atoms with Crippen molar-refractivity contribution >= 4 is 11.3 Å². The number of hydrogen-bond acceptors (Lipinski definition) is 4. The molecule has 1 aliphatic carbocycles. The normalized spacial score (nSPS) is 24.3.